The molecule has 2 aromatic carbocycles. The van der Waals surface area contributed by atoms with Gasteiger partial charge >= 0.3 is 0 Å². The van der Waals surface area contributed by atoms with E-state index in [-0.39, 0.29) is 11.8 Å². The molecule has 1 atom stereocenters. The SMILES string of the molecule is CCN(CC)C(=O)C1CCCN(C2CCN(S(=O)(=O)c3cccc4c(N(C)C)cccc34)CC2)C1. The van der Waals surface area contributed by atoms with Gasteiger partial charge in [0, 0.05) is 69.3 Å². The first-order chi connectivity index (χ1) is 16.8. The van der Waals surface area contributed by atoms with Crippen LogP contribution in [0.25, 0.3) is 10.8 Å². The van der Waals surface area contributed by atoms with Crippen LogP contribution in [-0.4, -0.2) is 87.8 Å². The maximum Gasteiger partial charge on any atom is 0.243 e. The molecule has 2 saturated heterocycles. The molecule has 2 aliphatic rings. The number of likely N-dealkylation sites (tertiary alicyclic amines) is 1. The number of hydrogen-bond donors (Lipinski definition) is 0. The predicted molar refractivity (Wildman–Crippen MR) is 142 cm³/mol. The van der Waals surface area contributed by atoms with Crippen LogP contribution in [0, 0.1) is 5.92 Å². The van der Waals surface area contributed by atoms with E-state index in [1.165, 1.54) is 0 Å². The van der Waals surface area contributed by atoms with Gasteiger partial charge in [0.25, 0.3) is 0 Å². The summed E-state index contributed by atoms with van der Waals surface area (Å²) in [7, 11) is 0.355. The second kappa shape index (κ2) is 10.8. The van der Waals surface area contributed by atoms with Gasteiger partial charge in [0.05, 0.1) is 10.8 Å². The monoisotopic (exact) mass is 500 g/mol. The van der Waals surface area contributed by atoms with Gasteiger partial charge in [-0.2, -0.15) is 4.31 Å². The van der Waals surface area contributed by atoms with Crippen molar-refractivity contribution >= 4 is 32.4 Å². The van der Waals surface area contributed by atoms with E-state index >= 15 is 0 Å². The number of sulfonamides is 1. The van der Waals surface area contributed by atoms with E-state index in [2.05, 4.69) is 4.90 Å². The Morgan fingerprint density at radius 2 is 1.60 bits per heavy atom. The summed E-state index contributed by atoms with van der Waals surface area (Å²) in [6.07, 6.45) is 3.59. The predicted octanol–water partition coefficient (Wildman–Crippen LogP) is 3.64. The number of carbonyl (C=O) groups is 1. The third-order valence-corrected chi connectivity index (χ3v) is 9.73. The average molecular weight is 501 g/mol. The molecule has 0 radical (unpaired) electrons. The van der Waals surface area contributed by atoms with Gasteiger partial charge in [-0.1, -0.05) is 24.3 Å². The van der Waals surface area contributed by atoms with E-state index in [0.717, 1.165) is 68.3 Å². The number of anilines is 1. The van der Waals surface area contributed by atoms with E-state index < -0.39 is 10.0 Å². The van der Waals surface area contributed by atoms with Crippen molar-refractivity contribution in [2.45, 2.75) is 50.5 Å². The molecule has 2 aliphatic heterocycles. The van der Waals surface area contributed by atoms with Gasteiger partial charge < -0.3 is 9.80 Å². The lowest BCUT2D eigenvalue weighted by Gasteiger charge is -2.42. The minimum absolute atomic E-state index is 0.0620. The lowest BCUT2D eigenvalue weighted by atomic mass is 9.93. The molecule has 2 aromatic rings. The Morgan fingerprint density at radius 3 is 2.26 bits per heavy atom. The highest BCUT2D eigenvalue weighted by molar-refractivity contribution is 7.89. The summed E-state index contributed by atoms with van der Waals surface area (Å²) in [5.41, 5.74) is 1.01. The van der Waals surface area contributed by atoms with Crippen molar-refractivity contribution in [3.63, 3.8) is 0 Å². The molecule has 2 fully saturated rings. The molecular formula is C27H40N4O3S. The van der Waals surface area contributed by atoms with Crippen LogP contribution in [0.4, 0.5) is 5.69 Å². The van der Waals surface area contributed by atoms with Crippen molar-refractivity contribution < 1.29 is 13.2 Å². The Balaban J connectivity index is 1.46. The summed E-state index contributed by atoms with van der Waals surface area (Å²) in [5, 5.41) is 1.72. The molecule has 1 unspecified atom stereocenters. The Kier molecular flexibility index (Phi) is 8.03. The first-order valence-corrected chi connectivity index (χ1v) is 14.4. The molecule has 192 valence electrons. The maximum absolute atomic E-state index is 13.7. The number of rotatable bonds is 7. The van der Waals surface area contributed by atoms with Gasteiger partial charge in [-0.15, -0.1) is 0 Å². The highest BCUT2D eigenvalue weighted by atomic mass is 32.2. The molecule has 0 bridgehead atoms. The number of hydrogen-bond acceptors (Lipinski definition) is 5. The Hall–Kier alpha value is -2.16. The number of nitrogens with zero attached hydrogens (tertiary/aromatic N) is 4. The van der Waals surface area contributed by atoms with Crippen molar-refractivity contribution in [2.75, 3.05) is 58.3 Å². The molecule has 0 saturated carbocycles. The van der Waals surface area contributed by atoms with Gasteiger partial charge in [-0.3, -0.25) is 9.69 Å². The molecule has 1 amide bonds. The summed E-state index contributed by atoms with van der Waals surface area (Å²) in [4.78, 5) is 19.7. The van der Waals surface area contributed by atoms with Gasteiger partial charge in [0.15, 0.2) is 0 Å². The number of carbonyl (C=O) groups excluding carboxylic acids is 1. The van der Waals surface area contributed by atoms with Gasteiger partial charge in [-0.05, 0) is 58.2 Å². The Morgan fingerprint density at radius 1 is 0.943 bits per heavy atom. The first kappa shape index (κ1) is 25.9. The summed E-state index contributed by atoms with van der Waals surface area (Å²) in [5.74, 6) is 0.333. The minimum atomic E-state index is -3.59. The standard InChI is InChI=1S/C27H40N4O3S/c1-5-29(6-2)27(32)21-10-9-17-30(20-21)22-15-18-31(19-16-22)35(33,34)26-14-8-11-23-24(26)12-7-13-25(23)28(3)4/h7-8,11-14,21-22H,5-6,9-10,15-20H2,1-4H3. The van der Waals surface area contributed by atoms with E-state index in [4.69, 9.17) is 0 Å². The highest BCUT2D eigenvalue weighted by Crippen LogP contribution is 2.33. The fourth-order valence-corrected chi connectivity index (χ4v) is 7.48. The molecule has 4 rings (SSSR count). The highest BCUT2D eigenvalue weighted by Gasteiger charge is 2.36. The third kappa shape index (κ3) is 5.20. The average Bonchev–Trinajstić information content (AvgIpc) is 2.88. The Labute approximate surface area is 210 Å². The third-order valence-electron chi connectivity index (χ3n) is 7.78. The quantitative estimate of drug-likeness (QED) is 0.581. The molecule has 35 heavy (non-hydrogen) atoms. The summed E-state index contributed by atoms with van der Waals surface area (Å²) < 4.78 is 29.0. The van der Waals surface area contributed by atoms with Crippen LogP contribution in [0.1, 0.15) is 39.5 Å². The first-order valence-electron chi connectivity index (χ1n) is 13.0. The molecule has 8 heteroatoms. The fraction of sp³-hybridized carbons (Fsp3) is 0.593. The molecule has 0 aliphatic carbocycles. The number of amides is 1. The molecule has 2 heterocycles. The summed E-state index contributed by atoms with van der Waals surface area (Å²) in [6, 6.07) is 11.7. The topological polar surface area (TPSA) is 64.2 Å². The zero-order chi connectivity index (χ0) is 25.2. The van der Waals surface area contributed by atoms with Crippen molar-refractivity contribution in [3.05, 3.63) is 36.4 Å². The van der Waals surface area contributed by atoms with Crippen molar-refractivity contribution in [3.8, 4) is 0 Å². The van der Waals surface area contributed by atoms with Crippen molar-refractivity contribution in [1.29, 1.82) is 0 Å². The van der Waals surface area contributed by atoms with Gasteiger partial charge in [0.1, 0.15) is 0 Å². The van der Waals surface area contributed by atoms with Gasteiger partial charge in [0.2, 0.25) is 15.9 Å². The van der Waals surface area contributed by atoms with Crippen LogP contribution in [0.5, 0.6) is 0 Å². The fourth-order valence-electron chi connectivity index (χ4n) is 5.80. The number of fused-ring (bicyclic) bond motifs is 1. The zero-order valence-corrected chi connectivity index (χ0v) is 22.4. The smallest absolute Gasteiger partial charge is 0.243 e. The molecule has 0 N–H and O–H groups in total. The number of piperidine rings is 2. The molecule has 7 nitrogen and oxygen atoms in total. The second-order valence-electron chi connectivity index (χ2n) is 10.0. The van der Waals surface area contributed by atoms with Crippen LogP contribution < -0.4 is 4.90 Å². The van der Waals surface area contributed by atoms with Crippen molar-refractivity contribution in [2.24, 2.45) is 5.92 Å². The normalized spacial score (nSPS) is 20.7. The minimum Gasteiger partial charge on any atom is -0.377 e. The molecular weight excluding hydrogens is 460 g/mol. The van der Waals surface area contributed by atoms with E-state index in [1.807, 2.05) is 68.1 Å². The van der Waals surface area contributed by atoms with E-state index in [9.17, 15) is 13.2 Å². The molecule has 0 aromatic heterocycles. The van der Waals surface area contributed by atoms with Crippen LogP contribution in [0.15, 0.2) is 41.3 Å². The van der Waals surface area contributed by atoms with E-state index in [0.29, 0.717) is 24.0 Å². The zero-order valence-electron chi connectivity index (χ0n) is 21.6. The lowest BCUT2D eigenvalue weighted by Crippen LogP contribution is -2.52. The van der Waals surface area contributed by atoms with Crippen LogP contribution in [0.3, 0.4) is 0 Å². The second-order valence-corrected chi connectivity index (χ2v) is 11.9. The van der Waals surface area contributed by atoms with Crippen LogP contribution in [0.2, 0.25) is 0 Å². The maximum atomic E-state index is 13.7. The van der Waals surface area contributed by atoms with Crippen molar-refractivity contribution in [1.82, 2.24) is 14.1 Å². The van der Waals surface area contributed by atoms with Crippen LogP contribution in [-0.2, 0) is 14.8 Å². The number of benzene rings is 2. The van der Waals surface area contributed by atoms with Crippen LogP contribution >= 0.6 is 0 Å². The lowest BCUT2D eigenvalue weighted by molar-refractivity contribution is -0.137. The molecule has 0 spiro atoms. The van der Waals surface area contributed by atoms with E-state index in [1.54, 1.807) is 10.4 Å². The largest absolute Gasteiger partial charge is 0.377 e. The summed E-state index contributed by atoms with van der Waals surface area (Å²) in [6.45, 7) is 8.41. The van der Waals surface area contributed by atoms with Gasteiger partial charge in [-0.25, -0.2) is 8.42 Å². The summed E-state index contributed by atoms with van der Waals surface area (Å²) >= 11 is 0. The Bertz CT molecular complexity index is 1140.